The molecular weight excluding hydrogens is 228 g/mol. The zero-order valence-corrected chi connectivity index (χ0v) is 12.9. The normalized spacial score (nSPS) is 24.9. The van der Waals surface area contributed by atoms with E-state index >= 15 is 0 Å². The smallest absolute Gasteiger partial charge is 0.0197 e. The molecule has 2 unspecified atom stereocenters. The van der Waals surface area contributed by atoms with Gasteiger partial charge in [0, 0.05) is 19.1 Å². The standard InChI is InChI=1S/C14H30N2S/c1-12(2)8-14-10-16(7-5-6-15-14)9-13(3)11-17-4/h12-15H,5-11H2,1-4H3. The van der Waals surface area contributed by atoms with Crippen LogP contribution < -0.4 is 5.32 Å². The van der Waals surface area contributed by atoms with Gasteiger partial charge in [-0.2, -0.15) is 11.8 Å². The number of nitrogens with one attached hydrogen (secondary N) is 1. The minimum absolute atomic E-state index is 0.707. The van der Waals surface area contributed by atoms with E-state index in [1.807, 2.05) is 11.8 Å². The molecule has 0 aromatic carbocycles. The van der Waals surface area contributed by atoms with Crippen molar-refractivity contribution in [1.29, 1.82) is 0 Å². The van der Waals surface area contributed by atoms with Gasteiger partial charge in [0.25, 0.3) is 0 Å². The van der Waals surface area contributed by atoms with Crippen LogP contribution in [-0.2, 0) is 0 Å². The van der Waals surface area contributed by atoms with Gasteiger partial charge in [-0.25, -0.2) is 0 Å². The van der Waals surface area contributed by atoms with E-state index in [0.717, 1.165) is 11.8 Å². The third-order valence-electron chi connectivity index (χ3n) is 3.34. The van der Waals surface area contributed by atoms with Gasteiger partial charge in [0.15, 0.2) is 0 Å². The summed E-state index contributed by atoms with van der Waals surface area (Å²) in [7, 11) is 0. The molecule has 1 fully saturated rings. The first-order valence-corrected chi connectivity index (χ1v) is 8.45. The Labute approximate surface area is 112 Å². The Morgan fingerprint density at radius 1 is 1.35 bits per heavy atom. The predicted molar refractivity (Wildman–Crippen MR) is 79.8 cm³/mol. The lowest BCUT2D eigenvalue weighted by atomic mass is 10.0. The van der Waals surface area contributed by atoms with E-state index in [4.69, 9.17) is 0 Å². The summed E-state index contributed by atoms with van der Waals surface area (Å²) in [5.41, 5.74) is 0. The van der Waals surface area contributed by atoms with Crippen LogP contribution in [0.5, 0.6) is 0 Å². The van der Waals surface area contributed by atoms with Crippen LogP contribution in [0.1, 0.15) is 33.6 Å². The molecule has 2 atom stereocenters. The molecule has 17 heavy (non-hydrogen) atoms. The molecule has 0 aliphatic carbocycles. The van der Waals surface area contributed by atoms with Crippen molar-refractivity contribution in [3.05, 3.63) is 0 Å². The monoisotopic (exact) mass is 258 g/mol. The van der Waals surface area contributed by atoms with Crippen molar-refractivity contribution in [3.8, 4) is 0 Å². The first kappa shape index (κ1) is 15.3. The maximum Gasteiger partial charge on any atom is 0.0197 e. The lowest BCUT2D eigenvalue weighted by molar-refractivity contribution is 0.232. The fourth-order valence-electron chi connectivity index (χ4n) is 2.75. The molecule has 0 saturated carbocycles. The summed E-state index contributed by atoms with van der Waals surface area (Å²) in [5, 5.41) is 3.70. The summed E-state index contributed by atoms with van der Waals surface area (Å²) in [4.78, 5) is 2.67. The fraction of sp³-hybridized carbons (Fsp3) is 1.00. The van der Waals surface area contributed by atoms with Crippen LogP contribution in [-0.4, -0.2) is 49.1 Å². The molecule has 1 N–H and O–H groups in total. The van der Waals surface area contributed by atoms with Crippen LogP contribution in [0.3, 0.4) is 0 Å². The van der Waals surface area contributed by atoms with Crippen molar-refractivity contribution < 1.29 is 0 Å². The van der Waals surface area contributed by atoms with Gasteiger partial charge in [0.2, 0.25) is 0 Å². The van der Waals surface area contributed by atoms with Crippen molar-refractivity contribution in [2.75, 3.05) is 38.2 Å². The predicted octanol–water partition coefficient (Wildman–Crippen LogP) is 2.70. The number of nitrogens with zero attached hydrogens (tertiary/aromatic N) is 1. The van der Waals surface area contributed by atoms with Gasteiger partial charge >= 0.3 is 0 Å². The first-order chi connectivity index (χ1) is 8.11. The summed E-state index contributed by atoms with van der Waals surface area (Å²) in [5.74, 6) is 2.91. The molecule has 0 aromatic rings. The van der Waals surface area contributed by atoms with Crippen LogP contribution in [0.15, 0.2) is 0 Å². The molecule has 0 bridgehead atoms. The van der Waals surface area contributed by atoms with Crippen molar-refractivity contribution in [2.24, 2.45) is 11.8 Å². The highest BCUT2D eigenvalue weighted by Crippen LogP contribution is 2.13. The van der Waals surface area contributed by atoms with Gasteiger partial charge in [-0.1, -0.05) is 20.8 Å². The molecule has 0 aromatic heterocycles. The van der Waals surface area contributed by atoms with E-state index in [1.54, 1.807) is 0 Å². The van der Waals surface area contributed by atoms with E-state index < -0.39 is 0 Å². The van der Waals surface area contributed by atoms with E-state index in [-0.39, 0.29) is 0 Å². The summed E-state index contributed by atoms with van der Waals surface area (Å²) in [6.45, 7) is 12.0. The fourth-order valence-corrected chi connectivity index (χ4v) is 3.42. The van der Waals surface area contributed by atoms with E-state index in [1.165, 1.54) is 44.8 Å². The molecule has 3 heteroatoms. The highest BCUT2D eigenvalue weighted by Gasteiger charge is 2.19. The molecule has 2 nitrogen and oxygen atoms in total. The van der Waals surface area contributed by atoms with Gasteiger partial charge in [-0.05, 0) is 49.8 Å². The number of rotatable bonds is 6. The zero-order chi connectivity index (χ0) is 12.7. The van der Waals surface area contributed by atoms with Gasteiger partial charge in [0.05, 0.1) is 0 Å². The first-order valence-electron chi connectivity index (χ1n) is 7.06. The van der Waals surface area contributed by atoms with E-state index in [2.05, 4.69) is 37.2 Å². The Morgan fingerprint density at radius 3 is 2.76 bits per heavy atom. The average molecular weight is 258 g/mol. The van der Waals surface area contributed by atoms with Crippen molar-refractivity contribution in [2.45, 2.75) is 39.7 Å². The number of thioether (sulfide) groups is 1. The van der Waals surface area contributed by atoms with Crippen molar-refractivity contribution in [3.63, 3.8) is 0 Å². The Bertz CT molecular complexity index is 197. The van der Waals surface area contributed by atoms with Crippen molar-refractivity contribution in [1.82, 2.24) is 10.2 Å². The van der Waals surface area contributed by atoms with E-state index in [0.29, 0.717) is 6.04 Å². The number of hydrogen-bond donors (Lipinski definition) is 1. The largest absolute Gasteiger partial charge is 0.313 e. The summed E-state index contributed by atoms with van der Waals surface area (Å²) >= 11 is 1.97. The van der Waals surface area contributed by atoms with Crippen LogP contribution >= 0.6 is 11.8 Å². The highest BCUT2D eigenvalue weighted by molar-refractivity contribution is 7.98. The van der Waals surface area contributed by atoms with Crippen LogP contribution in [0.4, 0.5) is 0 Å². The van der Waals surface area contributed by atoms with E-state index in [9.17, 15) is 0 Å². The van der Waals surface area contributed by atoms with Crippen LogP contribution in [0, 0.1) is 11.8 Å². The topological polar surface area (TPSA) is 15.3 Å². The molecule has 1 aliphatic heterocycles. The summed E-state index contributed by atoms with van der Waals surface area (Å²) in [6, 6.07) is 0.707. The van der Waals surface area contributed by atoms with Gasteiger partial charge < -0.3 is 10.2 Å². The minimum Gasteiger partial charge on any atom is -0.313 e. The maximum absolute atomic E-state index is 3.70. The molecular formula is C14H30N2S. The molecule has 1 saturated heterocycles. The second-order valence-corrected chi connectivity index (χ2v) is 6.86. The van der Waals surface area contributed by atoms with Crippen molar-refractivity contribution >= 4 is 11.8 Å². The highest BCUT2D eigenvalue weighted by atomic mass is 32.2. The molecule has 0 amide bonds. The average Bonchev–Trinajstić information content (AvgIpc) is 2.42. The molecule has 1 rings (SSSR count). The Balaban J connectivity index is 2.37. The lowest BCUT2D eigenvalue weighted by Crippen LogP contribution is -2.40. The molecule has 0 spiro atoms. The molecule has 1 aliphatic rings. The third-order valence-corrected chi connectivity index (χ3v) is 4.24. The molecule has 1 heterocycles. The molecule has 102 valence electrons. The second-order valence-electron chi connectivity index (χ2n) is 5.95. The molecule has 0 radical (unpaired) electrons. The third kappa shape index (κ3) is 6.68. The van der Waals surface area contributed by atoms with Gasteiger partial charge in [0.1, 0.15) is 0 Å². The summed E-state index contributed by atoms with van der Waals surface area (Å²) in [6.07, 6.45) is 4.83. The SMILES string of the molecule is CSCC(C)CN1CCCNC(CC(C)C)C1. The van der Waals surface area contributed by atoms with Gasteiger partial charge in [-0.3, -0.25) is 0 Å². The Hall–Kier alpha value is 0.270. The van der Waals surface area contributed by atoms with Crippen LogP contribution in [0.25, 0.3) is 0 Å². The quantitative estimate of drug-likeness (QED) is 0.788. The minimum atomic E-state index is 0.707. The van der Waals surface area contributed by atoms with Gasteiger partial charge in [-0.15, -0.1) is 0 Å². The summed E-state index contributed by atoms with van der Waals surface area (Å²) < 4.78 is 0. The Morgan fingerprint density at radius 2 is 2.12 bits per heavy atom. The Kier molecular flexibility index (Phi) is 7.56. The zero-order valence-electron chi connectivity index (χ0n) is 12.0. The lowest BCUT2D eigenvalue weighted by Gasteiger charge is -2.27. The van der Waals surface area contributed by atoms with Crippen LogP contribution in [0.2, 0.25) is 0 Å². The maximum atomic E-state index is 3.70. The second kappa shape index (κ2) is 8.39. The number of hydrogen-bond acceptors (Lipinski definition) is 3.